The van der Waals surface area contributed by atoms with Crippen LogP contribution < -0.4 is 16.1 Å². The van der Waals surface area contributed by atoms with E-state index in [4.69, 9.17) is 9.57 Å². The smallest absolute Gasteiger partial charge is 0.146 e. The second kappa shape index (κ2) is 10.1. The summed E-state index contributed by atoms with van der Waals surface area (Å²) in [4.78, 5) is 11.1. The zero-order valence-corrected chi connectivity index (χ0v) is 18.2. The second-order valence-electron chi connectivity index (χ2n) is 9.97. The molecule has 4 heterocycles. The lowest BCUT2D eigenvalue weighted by molar-refractivity contribution is -0.0328. The highest BCUT2D eigenvalue weighted by Crippen LogP contribution is 2.32. The summed E-state index contributed by atoms with van der Waals surface area (Å²) in [6, 6.07) is 0.355. The van der Waals surface area contributed by atoms with E-state index in [-0.39, 0.29) is 18.3 Å². The molecule has 4 saturated heterocycles. The first-order chi connectivity index (χ1) is 14.8. The van der Waals surface area contributed by atoms with Crippen LogP contribution in [0.5, 0.6) is 0 Å². The number of morpholine rings is 1. The van der Waals surface area contributed by atoms with Gasteiger partial charge in [-0.2, -0.15) is 5.48 Å². The number of nitrogens with one attached hydrogen (secondary N) is 3. The third kappa shape index (κ3) is 4.85. The summed E-state index contributed by atoms with van der Waals surface area (Å²) in [5, 5.41) is 7.46. The Morgan fingerprint density at radius 2 is 1.83 bits per heavy atom. The van der Waals surface area contributed by atoms with Gasteiger partial charge in [-0.15, -0.1) is 0 Å². The normalized spacial score (nSPS) is 44.5. The molecule has 172 valence electrons. The van der Waals surface area contributed by atoms with Gasteiger partial charge in [0.05, 0.1) is 31.6 Å². The molecule has 0 aromatic carbocycles. The Labute approximate surface area is 180 Å². The third-order valence-corrected chi connectivity index (χ3v) is 8.09. The lowest BCUT2D eigenvalue weighted by Crippen LogP contribution is -2.57. The van der Waals surface area contributed by atoms with E-state index < -0.39 is 6.17 Å². The molecule has 1 saturated carbocycles. The number of hydroxylamine groups is 1. The fourth-order valence-corrected chi connectivity index (χ4v) is 6.30. The summed E-state index contributed by atoms with van der Waals surface area (Å²) in [6.07, 6.45) is 8.68. The van der Waals surface area contributed by atoms with Crippen molar-refractivity contribution in [1.29, 1.82) is 0 Å². The van der Waals surface area contributed by atoms with Gasteiger partial charge in [-0.3, -0.25) is 20.0 Å². The highest BCUT2D eigenvalue weighted by atomic mass is 19.1. The van der Waals surface area contributed by atoms with E-state index in [9.17, 15) is 4.39 Å². The van der Waals surface area contributed by atoms with Crippen molar-refractivity contribution in [3.8, 4) is 0 Å². The van der Waals surface area contributed by atoms with Crippen molar-refractivity contribution in [2.24, 2.45) is 11.8 Å². The monoisotopic (exact) mass is 425 g/mol. The first-order valence-electron chi connectivity index (χ1n) is 12.4. The zero-order valence-electron chi connectivity index (χ0n) is 18.2. The summed E-state index contributed by atoms with van der Waals surface area (Å²) in [5.41, 5.74) is 3.33. The molecule has 0 aromatic rings. The van der Waals surface area contributed by atoms with Crippen LogP contribution in [0, 0.1) is 11.8 Å². The van der Waals surface area contributed by atoms with E-state index in [1.165, 1.54) is 12.8 Å². The fourth-order valence-electron chi connectivity index (χ4n) is 6.30. The van der Waals surface area contributed by atoms with E-state index >= 15 is 0 Å². The number of alkyl halides is 1. The summed E-state index contributed by atoms with van der Waals surface area (Å²) < 4.78 is 19.9. The zero-order chi connectivity index (χ0) is 20.3. The number of hydrogen-bond donors (Lipinski definition) is 3. The highest BCUT2D eigenvalue weighted by Gasteiger charge is 2.42. The third-order valence-electron chi connectivity index (χ3n) is 8.09. The fraction of sp³-hybridized carbons (Fsp3) is 1.00. The molecule has 5 fully saturated rings. The first-order valence-corrected chi connectivity index (χ1v) is 12.4. The predicted molar refractivity (Wildman–Crippen MR) is 113 cm³/mol. The van der Waals surface area contributed by atoms with Gasteiger partial charge in [-0.25, -0.2) is 4.39 Å². The lowest BCUT2D eigenvalue weighted by Gasteiger charge is -2.41. The Balaban J connectivity index is 1.14. The van der Waals surface area contributed by atoms with Crippen LogP contribution in [-0.4, -0.2) is 86.5 Å². The number of piperidine rings is 1. The van der Waals surface area contributed by atoms with Gasteiger partial charge in [0.25, 0.3) is 0 Å². The molecule has 5 rings (SSSR count). The molecule has 0 aromatic heterocycles. The summed E-state index contributed by atoms with van der Waals surface area (Å²) in [5.74, 6) is 0.760. The SMILES string of the molecule is FC1CCCCC1CN1CCCC1C1NC(C2CCNC(N3CCOCC3)C2)NO1. The minimum absolute atomic E-state index is 0.0101. The molecule has 0 amide bonds. The maximum Gasteiger partial charge on any atom is 0.146 e. The summed E-state index contributed by atoms with van der Waals surface area (Å²) >= 11 is 0. The van der Waals surface area contributed by atoms with Crippen LogP contribution >= 0.6 is 0 Å². The Bertz CT molecular complexity index is 552. The Hall–Kier alpha value is -0.350. The van der Waals surface area contributed by atoms with Crippen LogP contribution in [0.15, 0.2) is 0 Å². The van der Waals surface area contributed by atoms with Crippen molar-refractivity contribution in [3.63, 3.8) is 0 Å². The van der Waals surface area contributed by atoms with Gasteiger partial charge < -0.3 is 10.1 Å². The van der Waals surface area contributed by atoms with Gasteiger partial charge >= 0.3 is 0 Å². The molecule has 7 atom stereocenters. The summed E-state index contributed by atoms with van der Waals surface area (Å²) in [7, 11) is 0. The van der Waals surface area contributed by atoms with Gasteiger partial charge in [0.15, 0.2) is 0 Å². The van der Waals surface area contributed by atoms with E-state index in [2.05, 4.69) is 25.9 Å². The van der Waals surface area contributed by atoms with E-state index in [1.54, 1.807) is 0 Å². The standard InChI is InChI=1S/C22H40FN5O2/c23-18-5-2-1-4-17(18)15-28-9-3-6-19(28)22-25-21(26-30-22)16-7-8-24-20(14-16)27-10-12-29-13-11-27/h16-22,24-26H,1-15H2. The number of halogens is 1. The molecular formula is C22H40FN5O2. The van der Waals surface area contributed by atoms with E-state index in [0.717, 1.165) is 84.5 Å². The Kier molecular flexibility index (Phi) is 7.21. The largest absolute Gasteiger partial charge is 0.379 e. The maximum absolute atomic E-state index is 14.4. The number of rotatable bonds is 5. The minimum Gasteiger partial charge on any atom is -0.379 e. The Morgan fingerprint density at radius 1 is 0.967 bits per heavy atom. The van der Waals surface area contributed by atoms with Gasteiger partial charge in [0.2, 0.25) is 0 Å². The van der Waals surface area contributed by atoms with Crippen LogP contribution in [0.3, 0.4) is 0 Å². The molecular weight excluding hydrogens is 385 g/mol. The average Bonchev–Trinajstić information content (AvgIpc) is 3.46. The molecule has 8 heteroatoms. The van der Waals surface area contributed by atoms with Crippen LogP contribution in [-0.2, 0) is 9.57 Å². The topological polar surface area (TPSA) is 61.0 Å². The number of nitrogens with zero attached hydrogens (tertiary/aromatic N) is 2. The van der Waals surface area contributed by atoms with E-state index in [0.29, 0.717) is 18.1 Å². The van der Waals surface area contributed by atoms with Crippen molar-refractivity contribution in [1.82, 2.24) is 25.9 Å². The van der Waals surface area contributed by atoms with Crippen molar-refractivity contribution in [2.75, 3.05) is 45.9 Å². The molecule has 0 radical (unpaired) electrons. The molecule has 3 N–H and O–H groups in total. The van der Waals surface area contributed by atoms with E-state index in [1.807, 2.05) is 0 Å². The molecule has 7 nitrogen and oxygen atoms in total. The quantitative estimate of drug-likeness (QED) is 0.616. The van der Waals surface area contributed by atoms with Crippen LogP contribution in [0.25, 0.3) is 0 Å². The van der Waals surface area contributed by atoms with Crippen molar-refractivity contribution in [2.45, 2.75) is 82.1 Å². The number of likely N-dealkylation sites (tertiary alicyclic amines) is 1. The van der Waals surface area contributed by atoms with Gasteiger partial charge in [-0.05, 0) is 57.5 Å². The molecule has 5 aliphatic rings. The molecule has 4 aliphatic heterocycles. The van der Waals surface area contributed by atoms with Crippen LogP contribution in [0.1, 0.15) is 51.4 Å². The van der Waals surface area contributed by atoms with Crippen molar-refractivity contribution < 1.29 is 14.0 Å². The molecule has 0 bridgehead atoms. The second-order valence-corrected chi connectivity index (χ2v) is 9.97. The minimum atomic E-state index is -0.616. The molecule has 1 aliphatic carbocycles. The highest BCUT2D eigenvalue weighted by molar-refractivity contribution is 4.93. The van der Waals surface area contributed by atoms with Crippen LogP contribution in [0.2, 0.25) is 0 Å². The molecule has 30 heavy (non-hydrogen) atoms. The Morgan fingerprint density at radius 3 is 2.70 bits per heavy atom. The van der Waals surface area contributed by atoms with Gasteiger partial charge in [0.1, 0.15) is 12.4 Å². The van der Waals surface area contributed by atoms with Gasteiger partial charge in [0, 0.05) is 25.6 Å². The first kappa shape index (κ1) is 21.5. The number of ether oxygens (including phenoxy) is 1. The predicted octanol–water partition coefficient (Wildman–Crippen LogP) is 1.41. The van der Waals surface area contributed by atoms with Gasteiger partial charge in [-0.1, -0.05) is 12.8 Å². The van der Waals surface area contributed by atoms with Crippen molar-refractivity contribution >= 4 is 0 Å². The maximum atomic E-state index is 14.4. The molecule has 0 spiro atoms. The van der Waals surface area contributed by atoms with Crippen LogP contribution in [0.4, 0.5) is 4.39 Å². The van der Waals surface area contributed by atoms with Crippen molar-refractivity contribution in [3.05, 3.63) is 0 Å². The summed E-state index contributed by atoms with van der Waals surface area (Å²) in [6.45, 7) is 6.73. The lowest BCUT2D eigenvalue weighted by atomic mass is 9.87. The average molecular weight is 426 g/mol. The number of hydrogen-bond acceptors (Lipinski definition) is 7. The molecule has 7 unspecified atom stereocenters.